The highest BCUT2D eigenvalue weighted by molar-refractivity contribution is 9.10. The Morgan fingerprint density at radius 2 is 2.15 bits per heavy atom. The summed E-state index contributed by atoms with van der Waals surface area (Å²) in [6.45, 7) is 0. The van der Waals surface area contributed by atoms with E-state index < -0.39 is 10.9 Å². The molecule has 1 aromatic heterocycles. The number of ether oxygens (including phenoxy) is 1. The fourth-order valence-electron chi connectivity index (χ4n) is 1.43. The van der Waals surface area contributed by atoms with Crippen molar-refractivity contribution >= 4 is 27.6 Å². The number of hydrogen-bond acceptors (Lipinski definition) is 5. The maximum absolute atomic E-state index is 10.8. The molecule has 0 radical (unpaired) electrons. The highest BCUT2D eigenvalue weighted by Crippen LogP contribution is 2.35. The predicted octanol–water partition coefficient (Wildman–Crippen LogP) is 3.24. The summed E-state index contributed by atoms with van der Waals surface area (Å²) in [4.78, 5) is 24.9. The van der Waals surface area contributed by atoms with Gasteiger partial charge in [0.1, 0.15) is 4.47 Å². The van der Waals surface area contributed by atoms with Crippen LogP contribution in [0.5, 0.6) is 11.6 Å². The first-order chi connectivity index (χ1) is 9.49. The average molecular weight is 339 g/mol. The lowest BCUT2D eigenvalue weighted by Crippen LogP contribution is -1.98. The van der Waals surface area contributed by atoms with Gasteiger partial charge in [-0.05, 0) is 28.1 Å². The Balaban J connectivity index is 2.35. The Hall–Kier alpha value is -2.48. The van der Waals surface area contributed by atoms with Crippen LogP contribution in [-0.4, -0.2) is 21.0 Å². The van der Waals surface area contributed by atoms with Crippen molar-refractivity contribution < 1.29 is 19.6 Å². The Kier molecular flexibility index (Phi) is 3.94. The first-order valence-electron chi connectivity index (χ1n) is 5.29. The number of pyridine rings is 1. The number of nitro groups is 1. The molecular formula is C12H7BrN2O5. The molecule has 7 nitrogen and oxygen atoms in total. The molecule has 0 aliphatic rings. The van der Waals surface area contributed by atoms with Crippen LogP contribution in [0.1, 0.15) is 10.4 Å². The molecule has 1 N–H and O–H groups in total. The molecule has 0 atom stereocenters. The van der Waals surface area contributed by atoms with Crippen molar-refractivity contribution in [1.29, 1.82) is 0 Å². The maximum atomic E-state index is 10.8. The lowest BCUT2D eigenvalue weighted by Gasteiger charge is -2.07. The van der Waals surface area contributed by atoms with E-state index in [4.69, 9.17) is 9.84 Å². The fourth-order valence-corrected chi connectivity index (χ4v) is 1.92. The molecule has 0 saturated heterocycles. The average Bonchev–Trinajstić information content (AvgIpc) is 2.41. The topological polar surface area (TPSA) is 103 Å². The largest absolute Gasteiger partial charge is 0.478 e. The number of aromatic nitrogens is 1. The summed E-state index contributed by atoms with van der Waals surface area (Å²) >= 11 is 3.08. The summed E-state index contributed by atoms with van der Waals surface area (Å²) in [5.74, 6) is -0.907. The van der Waals surface area contributed by atoms with Crippen LogP contribution in [0.15, 0.2) is 41.0 Å². The molecule has 0 unspecified atom stereocenters. The zero-order chi connectivity index (χ0) is 14.7. The van der Waals surface area contributed by atoms with E-state index in [9.17, 15) is 14.9 Å². The number of nitro benzene ring substituents is 1. The van der Waals surface area contributed by atoms with Gasteiger partial charge in [-0.2, -0.15) is 0 Å². The number of halogens is 1. The number of aromatic carboxylic acids is 1. The minimum absolute atomic E-state index is 0.0107. The van der Waals surface area contributed by atoms with Crippen molar-refractivity contribution in [2.45, 2.75) is 0 Å². The van der Waals surface area contributed by atoms with Crippen molar-refractivity contribution in [1.82, 2.24) is 4.98 Å². The van der Waals surface area contributed by atoms with Gasteiger partial charge in [-0.25, -0.2) is 9.78 Å². The van der Waals surface area contributed by atoms with Gasteiger partial charge in [-0.3, -0.25) is 10.1 Å². The molecule has 1 aromatic carbocycles. The molecule has 0 amide bonds. The second-order valence-corrected chi connectivity index (χ2v) is 4.43. The molecule has 0 aliphatic carbocycles. The number of carboxylic acids is 1. The van der Waals surface area contributed by atoms with Crippen molar-refractivity contribution in [3.8, 4) is 11.6 Å². The predicted molar refractivity (Wildman–Crippen MR) is 72.1 cm³/mol. The SMILES string of the molecule is O=C(O)c1ccnc(Oc2cccc([N+](=O)[O-])c2Br)c1. The zero-order valence-electron chi connectivity index (χ0n) is 9.82. The van der Waals surface area contributed by atoms with Crippen molar-refractivity contribution in [2.75, 3.05) is 0 Å². The van der Waals surface area contributed by atoms with Gasteiger partial charge in [-0.1, -0.05) is 6.07 Å². The van der Waals surface area contributed by atoms with Crippen LogP contribution in [0.4, 0.5) is 5.69 Å². The second-order valence-electron chi connectivity index (χ2n) is 3.64. The number of benzene rings is 1. The minimum Gasteiger partial charge on any atom is -0.478 e. The van der Waals surface area contributed by atoms with Crippen LogP contribution in [0.25, 0.3) is 0 Å². The molecule has 2 aromatic rings. The van der Waals surface area contributed by atoms with Gasteiger partial charge in [0.25, 0.3) is 5.69 Å². The quantitative estimate of drug-likeness (QED) is 0.678. The Morgan fingerprint density at radius 1 is 1.40 bits per heavy atom. The van der Waals surface area contributed by atoms with Gasteiger partial charge >= 0.3 is 5.97 Å². The minimum atomic E-state index is -1.12. The molecule has 0 aliphatic heterocycles. The molecule has 2 rings (SSSR count). The van der Waals surface area contributed by atoms with E-state index in [0.29, 0.717) is 0 Å². The van der Waals surface area contributed by atoms with Gasteiger partial charge < -0.3 is 9.84 Å². The van der Waals surface area contributed by atoms with Gasteiger partial charge in [0, 0.05) is 18.3 Å². The van der Waals surface area contributed by atoms with Gasteiger partial charge in [-0.15, -0.1) is 0 Å². The van der Waals surface area contributed by atoms with Crippen LogP contribution in [0, 0.1) is 10.1 Å². The molecule has 8 heteroatoms. The Bertz CT molecular complexity index is 689. The van der Waals surface area contributed by atoms with Crippen molar-refractivity contribution in [3.05, 3.63) is 56.7 Å². The van der Waals surface area contributed by atoms with E-state index in [0.717, 1.165) is 0 Å². The highest BCUT2D eigenvalue weighted by Gasteiger charge is 2.17. The van der Waals surface area contributed by atoms with Gasteiger partial charge in [0.05, 0.1) is 10.5 Å². The van der Waals surface area contributed by atoms with Crippen molar-refractivity contribution in [2.24, 2.45) is 0 Å². The fraction of sp³-hybridized carbons (Fsp3) is 0. The Labute approximate surface area is 121 Å². The molecule has 0 spiro atoms. The molecule has 102 valence electrons. The lowest BCUT2D eigenvalue weighted by atomic mass is 10.3. The van der Waals surface area contributed by atoms with Crippen LogP contribution < -0.4 is 4.74 Å². The summed E-state index contributed by atoms with van der Waals surface area (Å²) < 4.78 is 5.52. The van der Waals surface area contributed by atoms with Crippen LogP contribution in [0.2, 0.25) is 0 Å². The second kappa shape index (κ2) is 5.66. The molecule has 0 bridgehead atoms. The van der Waals surface area contributed by atoms with E-state index in [1.165, 1.54) is 36.5 Å². The third kappa shape index (κ3) is 2.91. The smallest absolute Gasteiger partial charge is 0.335 e. The Morgan fingerprint density at radius 3 is 2.80 bits per heavy atom. The van der Waals surface area contributed by atoms with E-state index in [-0.39, 0.29) is 27.4 Å². The summed E-state index contributed by atoms with van der Waals surface area (Å²) in [5.41, 5.74) is -0.145. The molecule has 0 fully saturated rings. The summed E-state index contributed by atoms with van der Waals surface area (Å²) in [6.07, 6.45) is 1.28. The van der Waals surface area contributed by atoms with Gasteiger partial charge in [0.2, 0.25) is 5.88 Å². The first kappa shape index (κ1) is 13.9. The summed E-state index contributed by atoms with van der Waals surface area (Å²) in [6, 6.07) is 6.83. The molecular weight excluding hydrogens is 332 g/mol. The summed E-state index contributed by atoms with van der Waals surface area (Å²) in [5, 5.41) is 19.7. The standard InChI is InChI=1S/C12H7BrN2O5/c13-11-8(15(18)19)2-1-3-9(11)20-10-6-7(12(16)17)4-5-14-10/h1-6H,(H,16,17). The molecule has 20 heavy (non-hydrogen) atoms. The number of nitrogens with zero attached hydrogens (tertiary/aromatic N) is 2. The van der Waals surface area contributed by atoms with Crippen LogP contribution >= 0.6 is 15.9 Å². The zero-order valence-corrected chi connectivity index (χ0v) is 11.4. The number of rotatable bonds is 4. The first-order valence-corrected chi connectivity index (χ1v) is 6.08. The van der Waals surface area contributed by atoms with Crippen LogP contribution in [-0.2, 0) is 0 Å². The van der Waals surface area contributed by atoms with E-state index in [1.807, 2.05) is 0 Å². The molecule has 1 heterocycles. The maximum Gasteiger partial charge on any atom is 0.335 e. The van der Waals surface area contributed by atoms with Crippen LogP contribution in [0.3, 0.4) is 0 Å². The molecule has 0 saturated carbocycles. The third-order valence-electron chi connectivity index (χ3n) is 2.34. The summed E-state index contributed by atoms with van der Waals surface area (Å²) in [7, 11) is 0. The van der Waals surface area contributed by atoms with E-state index in [2.05, 4.69) is 20.9 Å². The van der Waals surface area contributed by atoms with Gasteiger partial charge in [0.15, 0.2) is 5.75 Å². The number of carboxylic acid groups (broad SMARTS) is 1. The van der Waals surface area contributed by atoms with Crippen molar-refractivity contribution in [3.63, 3.8) is 0 Å². The number of carbonyl (C=O) groups is 1. The third-order valence-corrected chi connectivity index (χ3v) is 3.13. The number of hydrogen-bond donors (Lipinski definition) is 1. The normalized spacial score (nSPS) is 10.1. The highest BCUT2D eigenvalue weighted by atomic mass is 79.9. The monoisotopic (exact) mass is 338 g/mol. The lowest BCUT2D eigenvalue weighted by molar-refractivity contribution is -0.385. The van der Waals surface area contributed by atoms with E-state index >= 15 is 0 Å². The van der Waals surface area contributed by atoms with E-state index in [1.54, 1.807) is 0 Å².